The molecule has 0 spiro atoms. The summed E-state index contributed by atoms with van der Waals surface area (Å²) < 4.78 is 11.8. The van der Waals surface area contributed by atoms with Crippen LogP contribution in [0.1, 0.15) is 52.4 Å². The van der Waals surface area contributed by atoms with Crippen molar-refractivity contribution in [3.8, 4) is 0 Å². The van der Waals surface area contributed by atoms with Crippen LogP contribution >= 0.6 is 15.9 Å². The number of carbonyl (C=O) groups is 2. The minimum absolute atomic E-state index is 0.232. The van der Waals surface area contributed by atoms with Crippen LogP contribution < -0.4 is 0 Å². The zero-order chi connectivity index (χ0) is 19.9. The van der Waals surface area contributed by atoms with Crippen molar-refractivity contribution in [1.82, 2.24) is 0 Å². The van der Waals surface area contributed by atoms with Gasteiger partial charge in [-0.2, -0.15) is 0 Å². The monoisotopic (exact) mass is 430 g/mol. The molecule has 1 aliphatic heterocycles. The van der Waals surface area contributed by atoms with E-state index in [0.29, 0.717) is 18.8 Å². The van der Waals surface area contributed by atoms with Crippen LogP contribution in [0.5, 0.6) is 0 Å². The molecule has 1 aliphatic rings. The van der Waals surface area contributed by atoms with E-state index in [-0.39, 0.29) is 11.9 Å². The molecule has 1 aromatic rings. The zero-order valence-corrected chi connectivity index (χ0v) is 17.1. The van der Waals surface area contributed by atoms with Gasteiger partial charge in [-0.25, -0.2) is 9.59 Å². The van der Waals surface area contributed by atoms with E-state index in [1.807, 2.05) is 38.1 Å². The number of aliphatic hydroxyl groups excluding tert-OH is 1. The predicted molar refractivity (Wildman–Crippen MR) is 100 cm³/mol. The maximum absolute atomic E-state index is 11.6. The maximum atomic E-state index is 11.6. The second-order valence-corrected chi connectivity index (χ2v) is 7.97. The molecule has 2 N–H and O–H groups in total. The first-order valence-electron chi connectivity index (χ1n) is 8.62. The standard InChI is InChI=1S/C13H15BrO3.C6H12O3/c1-8(2)7-11-12(15)17-13(16-11)9-3-5-10(14)6-4-9;1-4(2)3-5(7)6(8)9/h3-6,8,11,13H,7H2,1-2H3;4-5,7H,3H2,1-2H3,(H,8,9)/t11-,13?;5-/m00/s1. The summed E-state index contributed by atoms with van der Waals surface area (Å²) in [6.45, 7) is 7.85. The van der Waals surface area contributed by atoms with Crippen molar-refractivity contribution in [2.45, 2.75) is 59.0 Å². The van der Waals surface area contributed by atoms with Crippen molar-refractivity contribution in [1.29, 1.82) is 0 Å². The second-order valence-electron chi connectivity index (χ2n) is 7.06. The number of cyclic esters (lactones) is 1. The summed E-state index contributed by atoms with van der Waals surface area (Å²) in [5.74, 6) is -0.748. The quantitative estimate of drug-likeness (QED) is 0.664. The highest BCUT2D eigenvalue weighted by molar-refractivity contribution is 9.10. The number of aliphatic carboxylic acids is 1. The van der Waals surface area contributed by atoms with E-state index in [1.54, 1.807) is 0 Å². The molecule has 6 nitrogen and oxygen atoms in total. The molecule has 1 aromatic carbocycles. The molecule has 0 aromatic heterocycles. The Labute approximate surface area is 162 Å². The van der Waals surface area contributed by atoms with Crippen molar-refractivity contribution in [2.24, 2.45) is 11.8 Å². The largest absolute Gasteiger partial charge is 0.479 e. The maximum Gasteiger partial charge on any atom is 0.338 e. The van der Waals surface area contributed by atoms with Crippen LogP contribution in [0.15, 0.2) is 28.7 Å². The first kappa shape index (κ1) is 22.6. The SMILES string of the molecule is CC(C)C[C@@H]1OC(c2ccc(Br)cc2)OC1=O.CC(C)C[C@H](O)C(=O)O. The Morgan fingerprint density at radius 3 is 2.15 bits per heavy atom. The minimum atomic E-state index is -1.19. The van der Waals surface area contributed by atoms with Gasteiger partial charge in [0.1, 0.15) is 0 Å². The van der Waals surface area contributed by atoms with Gasteiger partial charge in [-0.3, -0.25) is 0 Å². The highest BCUT2D eigenvalue weighted by atomic mass is 79.9. The topological polar surface area (TPSA) is 93.1 Å². The van der Waals surface area contributed by atoms with E-state index in [2.05, 4.69) is 29.8 Å². The number of hydrogen-bond acceptors (Lipinski definition) is 5. The first-order valence-corrected chi connectivity index (χ1v) is 9.41. The number of aliphatic hydroxyl groups is 1. The lowest BCUT2D eigenvalue weighted by atomic mass is 10.1. The molecule has 0 bridgehead atoms. The van der Waals surface area contributed by atoms with E-state index < -0.39 is 24.5 Å². The number of hydrogen-bond donors (Lipinski definition) is 2. The molecule has 26 heavy (non-hydrogen) atoms. The Morgan fingerprint density at radius 2 is 1.73 bits per heavy atom. The van der Waals surface area contributed by atoms with E-state index in [0.717, 1.165) is 10.0 Å². The summed E-state index contributed by atoms with van der Waals surface area (Å²) in [5, 5.41) is 16.9. The Balaban J connectivity index is 0.000000321. The van der Waals surface area contributed by atoms with Gasteiger partial charge in [0, 0.05) is 10.0 Å². The Bertz CT molecular complexity index is 584. The molecule has 1 unspecified atom stereocenters. The van der Waals surface area contributed by atoms with Crippen LogP contribution in [0, 0.1) is 11.8 Å². The Hall–Kier alpha value is -1.44. The normalized spacial score (nSPS) is 20.5. The second kappa shape index (κ2) is 10.6. The summed E-state index contributed by atoms with van der Waals surface area (Å²) in [6, 6.07) is 7.59. The van der Waals surface area contributed by atoms with Crippen LogP contribution in [0.3, 0.4) is 0 Å². The van der Waals surface area contributed by atoms with E-state index in [1.165, 1.54) is 0 Å². The fraction of sp³-hybridized carbons (Fsp3) is 0.579. The molecule has 3 atom stereocenters. The van der Waals surface area contributed by atoms with Gasteiger partial charge in [0.25, 0.3) is 0 Å². The summed E-state index contributed by atoms with van der Waals surface area (Å²) in [5.41, 5.74) is 0.868. The Morgan fingerprint density at radius 1 is 1.15 bits per heavy atom. The van der Waals surface area contributed by atoms with Crippen LogP contribution in [0.2, 0.25) is 0 Å². The molecular formula is C19H27BrO6. The molecular weight excluding hydrogens is 404 g/mol. The third-order valence-corrected chi connectivity index (χ3v) is 4.11. The zero-order valence-electron chi connectivity index (χ0n) is 15.5. The molecule has 2 rings (SSSR count). The van der Waals surface area contributed by atoms with Crippen molar-refractivity contribution in [3.63, 3.8) is 0 Å². The van der Waals surface area contributed by atoms with Gasteiger partial charge in [-0.05, 0) is 36.8 Å². The number of carboxylic acid groups (broad SMARTS) is 1. The van der Waals surface area contributed by atoms with Gasteiger partial charge in [0.2, 0.25) is 6.29 Å². The molecule has 1 heterocycles. The molecule has 0 radical (unpaired) electrons. The van der Waals surface area contributed by atoms with Gasteiger partial charge in [0.05, 0.1) is 0 Å². The first-order chi connectivity index (χ1) is 12.1. The number of rotatable bonds is 6. The highest BCUT2D eigenvalue weighted by Gasteiger charge is 2.36. The summed E-state index contributed by atoms with van der Waals surface area (Å²) in [4.78, 5) is 21.6. The average Bonchev–Trinajstić information content (AvgIpc) is 2.88. The minimum Gasteiger partial charge on any atom is -0.479 e. The lowest BCUT2D eigenvalue weighted by Crippen LogP contribution is -2.21. The molecule has 0 saturated carbocycles. The van der Waals surface area contributed by atoms with Gasteiger partial charge < -0.3 is 19.7 Å². The molecule has 0 aliphatic carbocycles. The number of benzene rings is 1. The van der Waals surface area contributed by atoms with Gasteiger partial charge in [-0.15, -0.1) is 0 Å². The number of carboxylic acids is 1. The van der Waals surface area contributed by atoms with E-state index in [9.17, 15) is 9.59 Å². The predicted octanol–water partition coefficient (Wildman–Crippen LogP) is 3.91. The molecule has 0 amide bonds. The lowest BCUT2D eigenvalue weighted by molar-refractivity contribution is -0.147. The van der Waals surface area contributed by atoms with Crippen LogP contribution in [-0.4, -0.2) is 34.4 Å². The third-order valence-electron chi connectivity index (χ3n) is 3.58. The van der Waals surface area contributed by atoms with Crippen molar-refractivity contribution in [3.05, 3.63) is 34.3 Å². The smallest absolute Gasteiger partial charge is 0.338 e. The highest BCUT2D eigenvalue weighted by Crippen LogP contribution is 2.31. The van der Waals surface area contributed by atoms with Gasteiger partial charge in [0.15, 0.2) is 12.2 Å². The van der Waals surface area contributed by atoms with E-state index >= 15 is 0 Å². The van der Waals surface area contributed by atoms with Crippen molar-refractivity contribution < 1.29 is 29.3 Å². The summed E-state index contributed by atoms with van der Waals surface area (Å²) in [7, 11) is 0. The van der Waals surface area contributed by atoms with Crippen molar-refractivity contribution in [2.75, 3.05) is 0 Å². The van der Waals surface area contributed by atoms with Gasteiger partial charge in [-0.1, -0.05) is 55.8 Å². The third kappa shape index (κ3) is 7.85. The van der Waals surface area contributed by atoms with Crippen LogP contribution in [0.25, 0.3) is 0 Å². The van der Waals surface area contributed by atoms with Crippen molar-refractivity contribution >= 4 is 27.9 Å². The average molecular weight is 431 g/mol. The molecule has 1 saturated heterocycles. The molecule has 1 fully saturated rings. The fourth-order valence-electron chi connectivity index (χ4n) is 2.31. The number of ether oxygens (including phenoxy) is 2. The summed E-state index contributed by atoms with van der Waals surface area (Å²) in [6.07, 6.45) is -1.14. The van der Waals surface area contributed by atoms with Gasteiger partial charge >= 0.3 is 11.9 Å². The van der Waals surface area contributed by atoms with E-state index in [4.69, 9.17) is 19.7 Å². The Kier molecular flexibility index (Phi) is 9.25. The number of carbonyl (C=O) groups excluding carboxylic acids is 1. The lowest BCUT2D eigenvalue weighted by Gasteiger charge is -2.11. The van der Waals surface area contributed by atoms with Crippen LogP contribution in [-0.2, 0) is 19.1 Å². The number of halogens is 1. The fourth-order valence-corrected chi connectivity index (χ4v) is 2.57. The molecule has 146 valence electrons. The summed E-state index contributed by atoms with van der Waals surface area (Å²) >= 11 is 3.36. The number of esters is 1. The molecule has 7 heteroatoms. The van der Waals surface area contributed by atoms with Crippen LogP contribution in [0.4, 0.5) is 0 Å².